The van der Waals surface area contributed by atoms with E-state index in [1.54, 1.807) is 12.1 Å². The second-order valence-electron chi connectivity index (χ2n) is 4.90. The SMILES string of the molecule is COc1ccc(NC[C@@H]2CCN(C(=O)O)C2)c([N+](=O)[O-])c1. The Balaban J connectivity index is 2.00. The molecule has 0 unspecified atom stereocenters. The zero-order chi connectivity index (χ0) is 15.4. The highest BCUT2D eigenvalue weighted by molar-refractivity contribution is 5.65. The van der Waals surface area contributed by atoms with E-state index in [0.29, 0.717) is 31.1 Å². The van der Waals surface area contributed by atoms with E-state index in [9.17, 15) is 14.9 Å². The Hall–Kier alpha value is -2.51. The van der Waals surface area contributed by atoms with Crippen LogP contribution in [0.4, 0.5) is 16.2 Å². The number of carbonyl (C=O) groups is 1. The van der Waals surface area contributed by atoms with Crippen molar-refractivity contribution in [2.24, 2.45) is 5.92 Å². The van der Waals surface area contributed by atoms with Crippen LogP contribution in [0.1, 0.15) is 6.42 Å². The fourth-order valence-electron chi connectivity index (χ4n) is 2.37. The van der Waals surface area contributed by atoms with Crippen LogP contribution in [-0.4, -0.2) is 47.8 Å². The van der Waals surface area contributed by atoms with E-state index in [2.05, 4.69) is 5.32 Å². The quantitative estimate of drug-likeness (QED) is 0.636. The molecule has 1 saturated heterocycles. The molecule has 21 heavy (non-hydrogen) atoms. The molecule has 8 nitrogen and oxygen atoms in total. The summed E-state index contributed by atoms with van der Waals surface area (Å²) < 4.78 is 4.97. The number of nitrogens with zero attached hydrogens (tertiary/aromatic N) is 2. The fraction of sp³-hybridized carbons (Fsp3) is 0.462. The standard InChI is InChI=1S/C13H17N3O5/c1-21-10-2-3-11(12(6-10)16(19)20)14-7-9-4-5-15(8-9)13(17)18/h2-3,6,9,14H,4-5,7-8H2,1H3,(H,17,18)/t9-/m0/s1. The number of rotatable bonds is 5. The van der Waals surface area contributed by atoms with Gasteiger partial charge in [-0.25, -0.2) is 4.79 Å². The van der Waals surface area contributed by atoms with Gasteiger partial charge in [-0.15, -0.1) is 0 Å². The number of ether oxygens (including phenoxy) is 1. The number of hydrogen-bond acceptors (Lipinski definition) is 5. The second-order valence-corrected chi connectivity index (χ2v) is 4.90. The molecular weight excluding hydrogens is 278 g/mol. The highest BCUT2D eigenvalue weighted by Crippen LogP contribution is 2.29. The van der Waals surface area contributed by atoms with Gasteiger partial charge in [-0.1, -0.05) is 0 Å². The van der Waals surface area contributed by atoms with E-state index in [4.69, 9.17) is 9.84 Å². The predicted octanol–water partition coefficient (Wildman–Crippen LogP) is 2.02. The molecule has 0 aromatic heterocycles. The second kappa shape index (κ2) is 6.29. The van der Waals surface area contributed by atoms with Gasteiger partial charge in [0.25, 0.3) is 5.69 Å². The van der Waals surface area contributed by atoms with Crippen LogP contribution in [0.25, 0.3) is 0 Å². The minimum atomic E-state index is -0.923. The van der Waals surface area contributed by atoms with Gasteiger partial charge < -0.3 is 20.1 Å². The number of carboxylic acid groups (broad SMARTS) is 1. The van der Waals surface area contributed by atoms with Gasteiger partial charge in [0.15, 0.2) is 0 Å². The lowest BCUT2D eigenvalue weighted by Crippen LogP contribution is -2.27. The number of likely N-dealkylation sites (tertiary alicyclic amines) is 1. The molecule has 1 aliphatic rings. The molecule has 1 fully saturated rings. The molecule has 0 saturated carbocycles. The molecule has 1 heterocycles. The first-order chi connectivity index (χ1) is 10.0. The molecule has 0 bridgehead atoms. The van der Waals surface area contributed by atoms with E-state index in [1.807, 2.05) is 0 Å². The van der Waals surface area contributed by atoms with Crippen LogP contribution in [0.15, 0.2) is 18.2 Å². The summed E-state index contributed by atoms with van der Waals surface area (Å²) in [6.07, 6.45) is -0.170. The first-order valence-electron chi connectivity index (χ1n) is 6.55. The summed E-state index contributed by atoms with van der Waals surface area (Å²) >= 11 is 0. The minimum absolute atomic E-state index is 0.0533. The summed E-state index contributed by atoms with van der Waals surface area (Å²) in [5, 5.41) is 23.0. The lowest BCUT2D eigenvalue weighted by Gasteiger charge is -2.14. The normalized spacial score (nSPS) is 17.6. The predicted molar refractivity (Wildman–Crippen MR) is 75.8 cm³/mol. The van der Waals surface area contributed by atoms with Crippen molar-refractivity contribution in [3.05, 3.63) is 28.3 Å². The van der Waals surface area contributed by atoms with Gasteiger partial charge in [0.1, 0.15) is 11.4 Å². The molecule has 114 valence electrons. The largest absolute Gasteiger partial charge is 0.496 e. The first-order valence-corrected chi connectivity index (χ1v) is 6.55. The van der Waals surface area contributed by atoms with Gasteiger partial charge in [-0.2, -0.15) is 0 Å². The number of amides is 1. The molecule has 1 aromatic rings. The van der Waals surface area contributed by atoms with Gasteiger partial charge in [0.2, 0.25) is 0 Å². The van der Waals surface area contributed by atoms with Crippen LogP contribution in [0.5, 0.6) is 5.75 Å². The van der Waals surface area contributed by atoms with Gasteiger partial charge in [-0.3, -0.25) is 10.1 Å². The average molecular weight is 295 g/mol. The molecule has 8 heteroatoms. The Kier molecular flexibility index (Phi) is 4.46. The van der Waals surface area contributed by atoms with E-state index >= 15 is 0 Å². The lowest BCUT2D eigenvalue weighted by atomic mass is 10.1. The van der Waals surface area contributed by atoms with Crippen molar-refractivity contribution in [2.75, 3.05) is 32.1 Å². The zero-order valence-corrected chi connectivity index (χ0v) is 11.6. The van der Waals surface area contributed by atoms with Crippen molar-refractivity contribution in [3.63, 3.8) is 0 Å². The molecule has 1 aromatic carbocycles. The lowest BCUT2D eigenvalue weighted by molar-refractivity contribution is -0.384. The Morgan fingerprint density at radius 1 is 1.62 bits per heavy atom. The minimum Gasteiger partial charge on any atom is -0.496 e. The number of anilines is 1. The molecule has 2 rings (SSSR count). The van der Waals surface area contributed by atoms with E-state index in [-0.39, 0.29) is 11.6 Å². The number of hydrogen-bond donors (Lipinski definition) is 2. The molecular formula is C13H17N3O5. The monoisotopic (exact) mass is 295 g/mol. The Labute approximate surface area is 121 Å². The summed E-state index contributed by atoms with van der Waals surface area (Å²) in [5.41, 5.74) is 0.358. The summed E-state index contributed by atoms with van der Waals surface area (Å²) in [6, 6.07) is 4.61. The van der Waals surface area contributed by atoms with E-state index in [1.165, 1.54) is 18.1 Å². The number of nitrogens with one attached hydrogen (secondary N) is 1. The maximum Gasteiger partial charge on any atom is 0.407 e. The number of nitro groups is 1. The van der Waals surface area contributed by atoms with Gasteiger partial charge >= 0.3 is 6.09 Å². The Bertz CT molecular complexity index is 549. The summed E-state index contributed by atoms with van der Waals surface area (Å²) in [7, 11) is 1.45. The van der Waals surface area contributed by atoms with Crippen LogP contribution in [0, 0.1) is 16.0 Å². The smallest absolute Gasteiger partial charge is 0.407 e. The van der Waals surface area contributed by atoms with Crippen molar-refractivity contribution < 1.29 is 19.6 Å². The molecule has 1 amide bonds. The summed E-state index contributed by atoms with van der Waals surface area (Å²) in [5.74, 6) is 0.577. The van der Waals surface area contributed by atoms with Crippen LogP contribution in [0.3, 0.4) is 0 Å². The van der Waals surface area contributed by atoms with Gasteiger partial charge in [0.05, 0.1) is 18.1 Å². The topological polar surface area (TPSA) is 105 Å². The highest BCUT2D eigenvalue weighted by atomic mass is 16.6. The van der Waals surface area contributed by atoms with Crippen LogP contribution in [0.2, 0.25) is 0 Å². The molecule has 1 atom stereocenters. The van der Waals surface area contributed by atoms with Gasteiger partial charge in [-0.05, 0) is 24.5 Å². The van der Waals surface area contributed by atoms with Crippen molar-refractivity contribution in [2.45, 2.75) is 6.42 Å². The Morgan fingerprint density at radius 3 is 2.95 bits per heavy atom. The van der Waals surface area contributed by atoms with E-state index in [0.717, 1.165) is 6.42 Å². The van der Waals surface area contributed by atoms with Crippen molar-refractivity contribution >= 4 is 17.5 Å². The van der Waals surface area contributed by atoms with Crippen LogP contribution < -0.4 is 10.1 Å². The first kappa shape index (κ1) is 14.9. The maximum atomic E-state index is 11.1. The number of benzene rings is 1. The zero-order valence-electron chi connectivity index (χ0n) is 11.6. The number of methoxy groups -OCH3 is 1. The summed E-state index contributed by atoms with van der Waals surface area (Å²) in [4.78, 5) is 22.8. The third-order valence-corrected chi connectivity index (χ3v) is 3.54. The molecule has 0 spiro atoms. The molecule has 0 radical (unpaired) electrons. The third-order valence-electron chi connectivity index (χ3n) is 3.54. The average Bonchev–Trinajstić information content (AvgIpc) is 2.94. The fourth-order valence-corrected chi connectivity index (χ4v) is 2.37. The molecule has 0 aliphatic carbocycles. The van der Waals surface area contributed by atoms with Gasteiger partial charge in [0, 0.05) is 19.6 Å². The van der Waals surface area contributed by atoms with Crippen molar-refractivity contribution in [3.8, 4) is 5.75 Å². The van der Waals surface area contributed by atoms with Crippen LogP contribution >= 0.6 is 0 Å². The van der Waals surface area contributed by atoms with Crippen molar-refractivity contribution in [1.82, 2.24) is 4.90 Å². The highest BCUT2D eigenvalue weighted by Gasteiger charge is 2.26. The third kappa shape index (κ3) is 3.53. The molecule has 2 N–H and O–H groups in total. The van der Waals surface area contributed by atoms with Crippen LogP contribution in [-0.2, 0) is 0 Å². The maximum absolute atomic E-state index is 11.1. The summed E-state index contributed by atoms with van der Waals surface area (Å²) in [6.45, 7) is 1.45. The van der Waals surface area contributed by atoms with E-state index < -0.39 is 11.0 Å². The Morgan fingerprint density at radius 2 is 2.38 bits per heavy atom. The van der Waals surface area contributed by atoms with Crippen molar-refractivity contribution in [1.29, 1.82) is 0 Å². The number of nitro benzene ring substituents is 1. The molecule has 1 aliphatic heterocycles.